The van der Waals surface area contributed by atoms with Crippen molar-refractivity contribution < 1.29 is 28.5 Å². The van der Waals surface area contributed by atoms with Gasteiger partial charge in [0.2, 0.25) is 11.8 Å². The van der Waals surface area contributed by atoms with Gasteiger partial charge in [0.25, 0.3) is 11.8 Å². The molecule has 2 fully saturated rings. The van der Waals surface area contributed by atoms with Gasteiger partial charge in [0.05, 0.1) is 29.0 Å². The van der Waals surface area contributed by atoms with Gasteiger partial charge in [0, 0.05) is 79.4 Å². The van der Waals surface area contributed by atoms with Crippen molar-refractivity contribution in [1.82, 2.24) is 25.5 Å². The Hall–Kier alpha value is -5.10. The molecule has 0 aliphatic carbocycles. The predicted octanol–water partition coefficient (Wildman–Crippen LogP) is 5.03. The summed E-state index contributed by atoms with van der Waals surface area (Å²) in [6.07, 6.45) is 5.52. The lowest BCUT2D eigenvalue weighted by molar-refractivity contribution is -0.136. The lowest BCUT2D eigenvalue weighted by Gasteiger charge is -2.34. The number of hydrogen-bond acceptors (Lipinski definition) is 11. The van der Waals surface area contributed by atoms with Crippen molar-refractivity contribution in [3.05, 3.63) is 106 Å². The van der Waals surface area contributed by atoms with E-state index in [0.717, 1.165) is 71.7 Å². The van der Waals surface area contributed by atoms with Crippen LogP contribution in [-0.2, 0) is 27.0 Å². The Morgan fingerprint density at radius 3 is 2.47 bits per heavy atom. The van der Waals surface area contributed by atoms with Crippen molar-refractivity contribution in [2.45, 2.75) is 57.0 Å². The van der Waals surface area contributed by atoms with Crippen LogP contribution in [0.5, 0.6) is 5.75 Å². The Labute approximate surface area is 337 Å². The van der Waals surface area contributed by atoms with Crippen LogP contribution in [0.25, 0.3) is 0 Å². The number of benzene rings is 3. The summed E-state index contributed by atoms with van der Waals surface area (Å²) in [6, 6.07) is 18.5. The van der Waals surface area contributed by atoms with Crippen LogP contribution in [0.2, 0.25) is 5.02 Å². The van der Waals surface area contributed by atoms with Crippen LogP contribution in [0.15, 0.2) is 66.9 Å². The normalized spacial score (nSPS) is 17.5. The molecule has 1 atom stereocenters. The van der Waals surface area contributed by atoms with Crippen molar-refractivity contribution in [3.63, 3.8) is 0 Å². The fraction of sp³-hybridized carbons (Fsp3) is 0.381. The Bertz CT molecular complexity index is 2260. The lowest BCUT2D eigenvalue weighted by Crippen LogP contribution is -2.54. The van der Waals surface area contributed by atoms with Gasteiger partial charge in [0.15, 0.2) is 0 Å². The van der Waals surface area contributed by atoms with E-state index in [4.69, 9.17) is 21.3 Å². The number of rotatable bonds is 14. The number of ether oxygens (including phenoxy) is 1. The van der Waals surface area contributed by atoms with Gasteiger partial charge in [-0.15, -0.1) is 0 Å². The first-order valence-corrected chi connectivity index (χ1v) is 22.3. The van der Waals surface area contributed by atoms with E-state index >= 15 is 0 Å². The molecule has 3 aliphatic rings. The van der Waals surface area contributed by atoms with Gasteiger partial charge in [-0.2, -0.15) is 0 Å². The van der Waals surface area contributed by atoms with Crippen molar-refractivity contribution in [2.75, 3.05) is 56.8 Å². The smallest absolute Gasteiger partial charge is 0.264 e. The van der Waals surface area contributed by atoms with E-state index in [0.29, 0.717) is 47.7 Å². The summed E-state index contributed by atoms with van der Waals surface area (Å²) in [7, 11) is -0.809. The zero-order valence-corrected chi connectivity index (χ0v) is 34.0. The summed E-state index contributed by atoms with van der Waals surface area (Å²) in [4.78, 5) is 63.3. The first-order chi connectivity index (χ1) is 27.4. The standard InChI is InChI=1S/C42H47ClN7O6P/c1-56-35-24-29(13-12-26(35)23-37-46-25-31(43)33(47-37)22-27-8-4-5-11-36(27)57(2,3)55)49-20-16-28(17-21-49)44-18-7-19-45-32-10-6-9-30-39(32)42(54)50(41(30)53)34-14-15-38(51)48-40(34)52/h4-6,8-13,24-25,28,34,44-45H,7,14-23H2,1-3H3,(H,48,51,52). The number of anilines is 2. The third kappa shape index (κ3) is 8.91. The summed E-state index contributed by atoms with van der Waals surface area (Å²) in [5, 5.41) is 10.5. The van der Waals surface area contributed by atoms with Crippen molar-refractivity contribution >= 4 is 59.1 Å². The topological polar surface area (TPSA) is 163 Å². The van der Waals surface area contributed by atoms with Gasteiger partial charge in [-0.3, -0.25) is 29.4 Å². The zero-order chi connectivity index (χ0) is 40.3. The molecule has 3 aromatic carbocycles. The van der Waals surface area contributed by atoms with Crippen LogP contribution in [-0.4, -0.2) is 97.2 Å². The highest BCUT2D eigenvalue weighted by molar-refractivity contribution is 7.70. The summed E-state index contributed by atoms with van der Waals surface area (Å²) < 4.78 is 18.8. The van der Waals surface area contributed by atoms with Gasteiger partial charge in [-0.1, -0.05) is 48.0 Å². The number of piperidine rings is 2. The molecule has 3 aliphatic heterocycles. The van der Waals surface area contributed by atoms with Crippen molar-refractivity contribution in [2.24, 2.45) is 0 Å². The summed E-state index contributed by atoms with van der Waals surface area (Å²) in [5.74, 6) is -0.663. The molecule has 7 rings (SSSR count). The van der Waals surface area contributed by atoms with E-state index in [1.54, 1.807) is 44.8 Å². The van der Waals surface area contributed by atoms with Gasteiger partial charge < -0.3 is 24.8 Å². The third-order valence-electron chi connectivity index (χ3n) is 10.8. The lowest BCUT2D eigenvalue weighted by atomic mass is 10.0. The largest absolute Gasteiger partial charge is 0.496 e. The maximum absolute atomic E-state index is 13.4. The van der Waals surface area contributed by atoms with Crippen LogP contribution in [0.3, 0.4) is 0 Å². The van der Waals surface area contributed by atoms with Crippen molar-refractivity contribution in [3.8, 4) is 5.75 Å². The predicted molar refractivity (Wildman–Crippen MR) is 221 cm³/mol. The minimum Gasteiger partial charge on any atom is -0.496 e. The second kappa shape index (κ2) is 17.2. The van der Waals surface area contributed by atoms with Crippen LogP contribution in [0, 0.1) is 0 Å². The monoisotopic (exact) mass is 811 g/mol. The second-order valence-electron chi connectivity index (χ2n) is 15.1. The molecule has 4 aromatic rings. The molecule has 0 bridgehead atoms. The molecular weight excluding hydrogens is 765 g/mol. The van der Waals surface area contributed by atoms with Crippen LogP contribution in [0.1, 0.15) is 75.5 Å². The summed E-state index contributed by atoms with van der Waals surface area (Å²) in [5.41, 5.74) is 4.79. The molecule has 298 valence electrons. The molecule has 0 saturated carbocycles. The van der Waals surface area contributed by atoms with Crippen LogP contribution >= 0.6 is 18.7 Å². The SMILES string of the molecule is COc1cc(N2CCC(NCCCNc3cccc4c3C(=O)N(C3CCC(=O)NC3=O)C4=O)CC2)ccc1Cc1ncc(Cl)c(Cc2ccccc2P(C)(C)=O)n1. The van der Waals surface area contributed by atoms with E-state index < -0.39 is 36.8 Å². The number of nitrogens with zero attached hydrogens (tertiary/aromatic N) is 4. The third-order valence-corrected chi connectivity index (χ3v) is 12.8. The molecule has 57 heavy (non-hydrogen) atoms. The highest BCUT2D eigenvalue weighted by Crippen LogP contribution is 2.37. The number of nitrogens with one attached hydrogen (secondary N) is 3. The molecule has 4 amide bonds. The molecule has 0 spiro atoms. The number of imide groups is 2. The minimum atomic E-state index is -2.48. The second-order valence-corrected chi connectivity index (χ2v) is 18.7. The Kier molecular flexibility index (Phi) is 12.1. The van der Waals surface area contributed by atoms with E-state index in [1.807, 2.05) is 24.3 Å². The number of fused-ring (bicyclic) bond motifs is 1. The number of halogens is 1. The number of aromatic nitrogens is 2. The molecule has 0 radical (unpaired) electrons. The average Bonchev–Trinajstić information content (AvgIpc) is 3.45. The highest BCUT2D eigenvalue weighted by Gasteiger charge is 2.45. The van der Waals surface area contributed by atoms with E-state index in [1.165, 1.54) is 0 Å². The minimum absolute atomic E-state index is 0.0788. The molecule has 15 heteroatoms. The van der Waals surface area contributed by atoms with Gasteiger partial charge in [-0.05, 0) is 69.3 Å². The van der Waals surface area contributed by atoms with E-state index in [-0.39, 0.29) is 24.0 Å². The highest BCUT2D eigenvalue weighted by atomic mass is 35.5. The summed E-state index contributed by atoms with van der Waals surface area (Å²) in [6.45, 7) is 6.70. The van der Waals surface area contributed by atoms with Gasteiger partial charge in [-0.25, -0.2) is 9.97 Å². The molecule has 1 unspecified atom stereocenters. The molecule has 1 aromatic heterocycles. The number of carbonyl (C=O) groups is 4. The Morgan fingerprint density at radius 1 is 0.930 bits per heavy atom. The fourth-order valence-electron chi connectivity index (χ4n) is 7.89. The maximum Gasteiger partial charge on any atom is 0.264 e. The van der Waals surface area contributed by atoms with Crippen molar-refractivity contribution in [1.29, 1.82) is 0 Å². The molecule has 3 N–H and O–H groups in total. The van der Waals surface area contributed by atoms with E-state index in [9.17, 15) is 23.7 Å². The quantitative estimate of drug-likeness (QED) is 0.0890. The molecule has 4 heterocycles. The fourth-order valence-corrected chi connectivity index (χ4v) is 9.34. The molecule has 13 nitrogen and oxygen atoms in total. The number of amides is 4. The maximum atomic E-state index is 13.4. The van der Waals surface area contributed by atoms with Crippen LogP contribution in [0.4, 0.5) is 11.4 Å². The molecule has 2 saturated heterocycles. The number of methoxy groups -OCH3 is 1. The zero-order valence-electron chi connectivity index (χ0n) is 32.3. The Morgan fingerprint density at radius 2 is 1.72 bits per heavy atom. The number of carbonyl (C=O) groups excluding carboxylic acids is 4. The average molecular weight is 812 g/mol. The number of hydrogen-bond donors (Lipinski definition) is 3. The Balaban J connectivity index is 0.888. The van der Waals surface area contributed by atoms with Gasteiger partial charge >= 0.3 is 0 Å². The molecular formula is C42H47ClN7O6P. The van der Waals surface area contributed by atoms with Crippen LogP contribution < -0.4 is 30.9 Å². The first-order valence-electron chi connectivity index (χ1n) is 19.3. The first kappa shape index (κ1) is 40.1. The van der Waals surface area contributed by atoms with E-state index in [2.05, 4.69) is 44.0 Å². The van der Waals surface area contributed by atoms with Gasteiger partial charge in [0.1, 0.15) is 24.8 Å². The summed E-state index contributed by atoms with van der Waals surface area (Å²) >= 11 is 6.54.